The molecule has 6 atom stereocenters. The van der Waals surface area contributed by atoms with E-state index in [1.165, 1.54) is 40.9 Å². The lowest BCUT2D eigenvalue weighted by molar-refractivity contribution is -0.248. The van der Waals surface area contributed by atoms with Crippen molar-refractivity contribution in [2.75, 3.05) is 95.7 Å². The van der Waals surface area contributed by atoms with Crippen molar-refractivity contribution in [1.29, 1.82) is 0 Å². The van der Waals surface area contributed by atoms with E-state index in [0.717, 1.165) is 42.3 Å². The van der Waals surface area contributed by atoms with Crippen LogP contribution in [0.15, 0.2) is 94.5 Å². The van der Waals surface area contributed by atoms with Gasteiger partial charge in [-0.2, -0.15) is 0 Å². The molecule has 562 valence electrons. The zero-order chi connectivity index (χ0) is 74.7. The lowest BCUT2D eigenvalue weighted by Crippen LogP contribution is -2.73. The van der Waals surface area contributed by atoms with Crippen LogP contribution in [0.2, 0.25) is 0 Å². The molecular formula is C76H80F4N18O8S2. The molecule has 6 saturated heterocycles. The number of thiophene rings is 2. The van der Waals surface area contributed by atoms with Crippen LogP contribution in [0.1, 0.15) is 109 Å². The Kier molecular flexibility index (Phi) is 16.9. The van der Waals surface area contributed by atoms with E-state index in [1.54, 1.807) is 64.2 Å². The van der Waals surface area contributed by atoms with Crippen molar-refractivity contribution in [3.8, 4) is 0 Å². The van der Waals surface area contributed by atoms with Crippen LogP contribution in [0, 0.1) is 0 Å². The number of alkyl halides is 4. The quantitative estimate of drug-likeness (QED) is 0.0402. The van der Waals surface area contributed by atoms with Gasteiger partial charge in [0.05, 0.1) is 69.6 Å². The fraction of sp³-hybridized carbons (Fsp3) is 0.447. The molecule has 6 amide bonds. The van der Waals surface area contributed by atoms with Crippen LogP contribution < -0.4 is 62.9 Å². The molecule has 2 unspecified atom stereocenters. The van der Waals surface area contributed by atoms with Gasteiger partial charge in [-0.15, -0.1) is 22.7 Å². The van der Waals surface area contributed by atoms with E-state index in [2.05, 4.69) is 41.7 Å². The second-order valence-corrected chi connectivity index (χ2v) is 32.5. The summed E-state index contributed by atoms with van der Waals surface area (Å²) < 4.78 is 82.2. The number of imidazole rings is 2. The van der Waals surface area contributed by atoms with Crippen molar-refractivity contribution in [1.82, 2.24) is 59.5 Å². The number of carbonyl (C=O) groups excluding carboxylic acids is 6. The number of nitrogens with zero attached hydrogens (tertiary/aromatic N) is 12. The first kappa shape index (κ1) is 69.6. The number of carbonyl (C=O) groups is 6. The number of fused-ring (bicyclic) bond motifs is 12. The van der Waals surface area contributed by atoms with Crippen molar-refractivity contribution < 1.29 is 46.3 Å². The van der Waals surface area contributed by atoms with Crippen LogP contribution in [0.25, 0.3) is 64.0 Å². The van der Waals surface area contributed by atoms with E-state index < -0.39 is 96.2 Å². The molecule has 0 radical (unpaired) electrons. The highest BCUT2D eigenvalue weighted by molar-refractivity contribution is 7.22. The molecule has 8 aliphatic heterocycles. The minimum absolute atomic E-state index is 0.0352. The zero-order valence-electron chi connectivity index (χ0n) is 59.8. The molecule has 0 bridgehead atoms. The van der Waals surface area contributed by atoms with Crippen molar-refractivity contribution in [2.45, 2.75) is 138 Å². The Morgan fingerprint density at radius 3 is 1.34 bits per heavy atom. The largest absolute Gasteiger partial charge is 0.381 e. The van der Waals surface area contributed by atoms with E-state index in [-0.39, 0.29) is 88.4 Å². The van der Waals surface area contributed by atoms with E-state index in [1.807, 2.05) is 68.4 Å². The summed E-state index contributed by atoms with van der Waals surface area (Å²) in [7, 11) is 3.17. The maximum Gasteiger partial charge on any atom is 0.329 e. The molecule has 14 heterocycles. The van der Waals surface area contributed by atoms with Gasteiger partial charge in [-0.05, 0) is 150 Å². The highest BCUT2D eigenvalue weighted by Crippen LogP contribution is 2.48. The standard InChI is InChI=1S/C76H80F4N18O8S2/c1-39-35-81-65-63-45-7-17-59(85-47(45)9-15-55(63)107-67(65)71(103)83-39)92-29-23-42(24-30-92)98(57-25-31-93(37-75(57,77)78)44-6-12-50-54(34-44)90(4)74(106)96(50)52-14-20-62(100)88-70(52)102)97(41-21-27-91(28-22-41)43-5-11-49-53(33-43)89(3)73(105)95(49)51-13-19-61(99)87-69(51)101)58-26-32-94(38-76(58,79)80)60-18-8-46-48(86-60)10-16-56-64(46)66-68(108-56)72(104)84-40(2)36-82-66/h5-12,15-18,33-34,39-42,51-52,57-58,81-82H,13-14,19-32,35-38H2,1-4H3,(H,83,103)(H,84,104)(H,87,99,101)(H,88,100,102)/t39-,40-,51?,52?,57-,58+/m1/s1. The SMILES string of the molecule is C[C@@H]1CNc2c(sc3ccc4nc(N5CCC(N([C@@H]6CCN(c7ccc8c(c7)n(C)c(=O)n8C7CCC(=O)NC7=O)CC6(F)F)N(C6CCN(c7ccc8c(c7)n(C)c(=O)n8C7CCC(=O)NC7=O)CC6)[C@H]6CCN(c7ccc8c(ccc9sc%10c(c98)NC[C@@H](C)NC%10=O)n7)CC6(F)F)CC5)ccc4c23)C(=O)N1. The van der Waals surface area contributed by atoms with Gasteiger partial charge in [0.1, 0.15) is 33.5 Å². The summed E-state index contributed by atoms with van der Waals surface area (Å²) in [5, 5.41) is 24.5. The lowest BCUT2D eigenvalue weighted by atomic mass is 9.91. The second-order valence-electron chi connectivity index (χ2n) is 30.3. The minimum Gasteiger partial charge on any atom is -0.381 e. The molecule has 0 aliphatic carbocycles. The molecule has 0 spiro atoms. The number of piperidine rings is 6. The molecule has 18 rings (SSSR count). The average molecular weight is 1510 g/mol. The van der Waals surface area contributed by atoms with Crippen LogP contribution in [-0.2, 0) is 33.3 Å². The second kappa shape index (κ2) is 26.3. The maximum absolute atomic E-state index is 18.7. The zero-order valence-corrected chi connectivity index (χ0v) is 61.4. The number of aryl methyl sites for hydroxylation is 2. The van der Waals surface area contributed by atoms with Crippen LogP contribution in [-0.4, -0.2) is 187 Å². The maximum atomic E-state index is 18.7. The van der Waals surface area contributed by atoms with E-state index in [0.29, 0.717) is 118 Å². The van der Waals surface area contributed by atoms with Gasteiger partial charge in [0.2, 0.25) is 23.6 Å². The molecule has 4 aromatic carbocycles. The van der Waals surface area contributed by atoms with Crippen LogP contribution >= 0.6 is 22.7 Å². The van der Waals surface area contributed by atoms with Gasteiger partial charge in [-0.3, -0.25) is 57.7 Å². The number of halogens is 4. The Bertz CT molecular complexity index is 5580. The number of rotatable bonds is 11. The summed E-state index contributed by atoms with van der Waals surface area (Å²) in [6.07, 6.45) is 1.26. The Balaban J connectivity index is 0.698. The van der Waals surface area contributed by atoms with E-state index in [4.69, 9.17) is 9.97 Å². The minimum atomic E-state index is -3.56. The third-order valence-electron chi connectivity index (χ3n) is 23.6. The van der Waals surface area contributed by atoms with Gasteiger partial charge < -0.3 is 40.9 Å². The van der Waals surface area contributed by atoms with Crippen molar-refractivity contribution in [3.05, 3.63) is 116 Å². The van der Waals surface area contributed by atoms with Gasteiger partial charge in [0, 0.05) is 146 Å². The van der Waals surface area contributed by atoms with Crippen LogP contribution in [0.3, 0.4) is 0 Å². The molecular weight excluding hydrogens is 1430 g/mol. The number of hydrogen-bond donors (Lipinski definition) is 6. The van der Waals surface area contributed by atoms with Gasteiger partial charge >= 0.3 is 11.4 Å². The van der Waals surface area contributed by atoms with Gasteiger partial charge in [-0.25, -0.2) is 47.1 Å². The number of pyridine rings is 2. The molecule has 6 N–H and O–H groups in total. The Morgan fingerprint density at radius 2 is 0.889 bits per heavy atom. The summed E-state index contributed by atoms with van der Waals surface area (Å²) in [6.45, 7) is 4.89. The van der Waals surface area contributed by atoms with Crippen molar-refractivity contribution in [3.63, 3.8) is 0 Å². The number of amides is 6. The Labute approximate surface area is 622 Å². The molecule has 26 nitrogen and oxygen atoms in total. The number of hydrazine groups is 1. The number of aromatic nitrogens is 6. The molecule has 6 fully saturated rings. The number of benzene rings is 4. The third kappa shape index (κ3) is 11.7. The summed E-state index contributed by atoms with van der Waals surface area (Å²) in [6, 6.07) is 19.1. The molecule has 10 aromatic rings. The summed E-state index contributed by atoms with van der Waals surface area (Å²) in [4.78, 5) is 124. The molecule has 32 heteroatoms. The topological polar surface area (TPSA) is 274 Å². The Hall–Kier alpha value is -10.2. The fourth-order valence-electron chi connectivity index (χ4n) is 18.2. The molecule has 0 saturated carbocycles. The smallest absolute Gasteiger partial charge is 0.329 e. The molecule has 6 aromatic heterocycles. The highest BCUT2D eigenvalue weighted by Gasteiger charge is 2.58. The van der Waals surface area contributed by atoms with E-state index in [9.17, 15) is 38.4 Å². The predicted octanol–water partition coefficient (Wildman–Crippen LogP) is 8.55. The van der Waals surface area contributed by atoms with Crippen molar-refractivity contribution in [2.24, 2.45) is 14.1 Å². The lowest BCUT2D eigenvalue weighted by Gasteiger charge is -2.58. The van der Waals surface area contributed by atoms with E-state index >= 15 is 17.6 Å². The average Bonchev–Trinajstić information content (AvgIpc) is 1.64. The van der Waals surface area contributed by atoms with Crippen LogP contribution in [0.4, 0.5) is 51.9 Å². The number of anilines is 6. The predicted molar refractivity (Wildman–Crippen MR) is 408 cm³/mol. The van der Waals surface area contributed by atoms with Crippen molar-refractivity contribution >= 4 is 157 Å². The van der Waals surface area contributed by atoms with Gasteiger partial charge in [-0.1, -0.05) is 0 Å². The number of imide groups is 2. The number of hydrogen-bond acceptors (Lipinski definition) is 20. The first-order valence-corrected chi connectivity index (χ1v) is 38.8. The van der Waals surface area contributed by atoms with Gasteiger partial charge in [0.25, 0.3) is 23.7 Å². The summed E-state index contributed by atoms with van der Waals surface area (Å²) in [5.74, 6) is -8.44. The summed E-state index contributed by atoms with van der Waals surface area (Å²) in [5.41, 5.74) is 4.77. The monoisotopic (exact) mass is 1510 g/mol. The molecule has 108 heavy (non-hydrogen) atoms. The highest BCUT2D eigenvalue weighted by atomic mass is 32.1. The van der Waals surface area contributed by atoms with Crippen LogP contribution in [0.5, 0.6) is 0 Å². The third-order valence-corrected chi connectivity index (χ3v) is 25.9. The number of nitrogens with one attached hydrogen (secondary N) is 6. The molecule has 8 aliphatic rings. The fourth-order valence-corrected chi connectivity index (χ4v) is 20.4. The van der Waals surface area contributed by atoms with Gasteiger partial charge in [0.15, 0.2) is 0 Å². The first-order chi connectivity index (χ1) is 51.9. The summed E-state index contributed by atoms with van der Waals surface area (Å²) >= 11 is 2.79. The first-order valence-electron chi connectivity index (χ1n) is 37.2. The normalized spacial score (nSPS) is 24.0. The Morgan fingerprint density at radius 1 is 0.472 bits per heavy atom.